The second-order valence-corrected chi connectivity index (χ2v) is 4.33. The van der Waals surface area contributed by atoms with Crippen molar-refractivity contribution in [2.45, 2.75) is 18.1 Å². The highest BCUT2D eigenvalue weighted by atomic mass is 35.5. The van der Waals surface area contributed by atoms with Gasteiger partial charge in [-0.15, -0.1) is 0 Å². The lowest BCUT2D eigenvalue weighted by Crippen LogP contribution is -1.91. The molecule has 1 aromatic rings. The molecule has 1 aromatic carbocycles. The maximum atomic E-state index is 5.79. The Bertz CT molecular complexity index is 264. The van der Waals surface area contributed by atoms with Crippen LogP contribution >= 0.6 is 24.2 Å². The molecule has 1 atom stereocenters. The van der Waals surface area contributed by atoms with Crippen LogP contribution in [0.3, 0.4) is 0 Å². The van der Waals surface area contributed by atoms with Gasteiger partial charge in [0.15, 0.2) is 0 Å². The maximum absolute atomic E-state index is 5.79. The van der Waals surface area contributed by atoms with Crippen LogP contribution in [-0.4, -0.2) is 0 Å². The molecule has 12 heavy (non-hydrogen) atoms. The van der Waals surface area contributed by atoms with E-state index in [2.05, 4.69) is 24.8 Å². The predicted octanol–water partition coefficient (Wildman–Crippen LogP) is 3.72. The van der Waals surface area contributed by atoms with E-state index in [9.17, 15) is 0 Å². The number of hydrogen-bond donors (Lipinski definition) is 1. The summed E-state index contributed by atoms with van der Waals surface area (Å²) in [6, 6.07) is 8.00. The molecule has 0 amide bonds. The predicted molar refractivity (Wildman–Crippen MR) is 55.9 cm³/mol. The monoisotopic (exact) mass is 198 g/mol. The van der Waals surface area contributed by atoms with Crippen molar-refractivity contribution < 1.29 is 0 Å². The largest absolute Gasteiger partial charge is 0.171 e. The molecule has 0 saturated heterocycles. The minimum atomic E-state index is 0.419. The van der Waals surface area contributed by atoms with Gasteiger partial charge in [0.05, 0.1) is 0 Å². The average molecular weight is 199 g/mol. The molecule has 1 aliphatic rings. The summed E-state index contributed by atoms with van der Waals surface area (Å²) in [6.07, 6.45) is 2.66. The first-order valence-corrected chi connectivity index (χ1v) is 5.10. The molecule has 0 aromatic heterocycles. The highest BCUT2D eigenvalue weighted by molar-refractivity contribution is 7.80. The van der Waals surface area contributed by atoms with Gasteiger partial charge in [-0.1, -0.05) is 23.7 Å². The number of hydrogen-bond acceptors (Lipinski definition) is 1. The second-order valence-electron chi connectivity index (χ2n) is 3.33. The van der Waals surface area contributed by atoms with Gasteiger partial charge in [0.1, 0.15) is 0 Å². The van der Waals surface area contributed by atoms with Crippen molar-refractivity contribution in [2.75, 3.05) is 0 Å². The number of benzene rings is 1. The van der Waals surface area contributed by atoms with Crippen molar-refractivity contribution in [1.82, 2.24) is 0 Å². The highest BCUT2D eigenvalue weighted by Gasteiger charge is 2.29. The summed E-state index contributed by atoms with van der Waals surface area (Å²) in [5.74, 6) is 0.800. The van der Waals surface area contributed by atoms with E-state index in [0.29, 0.717) is 5.25 Å². The van der Waals surface area contributed by atoms with Gasteiger partial charge < -0.3 is 0 Å². The van der Waals surface area contributed by atoms with Gasteiger partial charge in [0.25, 0.3) is 0 Å². The van der Waals surface area contributed by atoms with Crippen LogP contribution in [0.4, 0.5) is 0 Å². The molecule has 2 rings (SSSR count). The van der Waals surface area contributed by atoms with Crippen LogP contribution in [0.1, 0.15) is 23.7 Å². The first-order valence-electron chi connectivity index (χ1n) is 4.21. The van der Waals surface area contributed by atoms with Crippen molar-refractivity contribution in [1.29, 1.82) is 0 Å². The second kappa shape index (κ2) is 3.31. The average Bonchev–Trinajstić information content (AvgIpc) is 2.87. The smallest absolute Gasteiger partial charge is 0.0406 e. The third-order valence-electron chi connectivity index (χ3n) is 2.28. The van der Waals surface area contributed by atoms with E-state index in [0.717, 1.165) is 10.9 Å². The first kappa shape index (κ1) is 8.46. The lowest BCUT2D eigenvalue weighted by atomic mass is 10.1. The SMILES string of the molecule is SC(c1ccc(Cl)cc1)C1CC1. The Morgan fingerprint density at radius 1 is 1.25 bits per heavy atom. The number of thiol groups is 1. The minimum absolute atomic E-state index is 0.419. The Labute approximate surface area is 83.3 Å². The molecule has 1 aliphatic carbocycles. The van der Waals surface area contributed by atoms with Gasteiger partial charge in [0.2, 0.25) is 0 Å². The van der Waals surface area contributed by atoms with Crippen molar-refractivity contribution in [3.63, 3.8) is 0 Å². The van der Waals surface area contributed by atoms with E-state index < -0.39 is 0 Å². The van der Waals surface area contributed by atoms with Crippen LogP contribution in [0.15, 0.2) is 24.3 Å². The molecule has 1 saturated carbocycles. The summed E-state index contributed by atoms with van der Waals surface area (Å²) in [5, 5.41) is 1.22. The molecule has 1 unspecified atom stereocenters. The summed E-state index contributed by atoms with van der Waals surface area (Å²) in [4.78, 5) is 0. The Kier molecular flexibility index (Phi) is 2.33. The molecule has 0 aliphatic heterocycles. The Hall–Kier alpha value is -0.140. The quantitative estimate of drug-likeness (QED) is 0.689. The summed E-state index contributed by atoms with van der Waals surface area (Å²) in [5.41, 5.74) is 1.30. The molecular formula is C10H11ClS. The van der Waals surface area contributed by atoms with Gasteiger partial charge in [0, 0.05) is 10.3 Å². The fraction of sp³-hybridized carbons (Fsp3) is 0.400. The number of rotatable bonds is 2. The van der Waals surface area contributed by atoms with Gasteiger partial charge in [-0.3, -0.25) is 0 Å². The van der Waals surface area contributed by atoms with Crippen molar-refractivity contribution in [3.05, 3.63) is 34.9 Å². The third kappa shape index (κ3) is 1.78. The van der Waals surface area contributed by atoms with Crippen molar-refractivity contribution in [3.8, 4) is 0 Å². The summed E-state index contributed by atoms with van der Waals surface area (Å²) < 4.78 is 0. The minimum Gasteiger partial charge on any atom is -0.171 e. The molecule has 0 nitrogen and oxygen atoms in total. The van der Waals surface area contributed by atoms with Crippen molar-refractivity contribution in [2.24, 2.45) is 5.92 Å². The highest BCUT2D eigenvalue weighted by Crippen LogP contribution is 2.44. The summed E-state index contributed by atoms with van der Waals surface area (Å²) in [7, 11) is 0. The Morgan fingerprint density at radius 3 is 2.33 bits per heavy atom. The van der Waals surface area contributed by atoms with Crippen LogP contribution in [0.5, 0.6) is 0 Å². The van der Waals surface area contributed by atoms with Gasteiger partial charge in [-0.05, 0) is 36.5 Å². The molecule has 0 radical (unpaired) electrons. The topological polar surface area (TPSA) is 0 Å². The van der Waals surface area contributed by atoms with Gasteiger partial charge >= 0.3 is 0 Å². The maximum Gasteiger partial charge on any atom is 0.0406 e. The normalized spacial score (nSPS) is 19.2. The molecule has 1 fully saturated rings. The van der Waals surface area contributed by atoms with Crippen molar-refractivity contribution >= 4 is 24.2 Å². The Balaban J connectivity index is 2.16. The van der Waals surface area contributed by atoms with Crippen LogP contribution < -0.4 is 0 Å². The van der Waals surface area contributed by atoms with Gasteiger partial charge in [-0.25, -0.2) is 0 Å². The zero-order valence-electron chi connectivity index (χ0n) is 6.70. The molecular weight excluding hydrogens is 188 g/mol. The first-order chi connectivity index (χ1) is 5.77. The standard InChI is InChI=1S/C10H11ClS/c11-9-5-3-8(4-6-9)10(12)7-1-2-7/h3-7,10,12H,1-2H2. The Morgan fingerprint density at radius 2 is 1.83 bits per heavy atom. The van der Waals surface area contributed by atoms with E-state index in [1.54, 1.807) is 0 Å². The lowest BCUT2D eigenvalue weighted by molar-refractivity contribution is 0.815. The summed E-state index contributed by atoms with van der Waals surface area (Å²) >= 11 is 10.4. The fourth-order valence-corrected chi connectivity index (χ4v) is 1.94. The van der Waals surface area contributed by atoms with Crippen LogP contribution in [0.2, 0.25) is 5.02 Å². The fourth-order valence-electron chi connectivity index (χ4n) is 1.34. The van der Waals surface area contributed by atoms with Crippen LogP contribution in [0.25, 0.3) is 0 Å². The van der Waals surface area contributed by atoms with E-state index in [4.69, 9.17) is 11.6 Å². The molecule has 0 bridgehead atoms. The lowest BCUT2D eigenvalue weighted by Gasteiger charge is -2.08. The number of halogens is 1. The third-order valence-corrected chi connectivity index (χ3v) is 3.25. The molecule has 0 heterocycles. The van der Waals surface area contributed by atoms with E-state index >= 15 is 0 Å². The van der Waals surface area contributed by atoms with Crippen LogP contribution in [0, 0.1) is 5.92 Å². The molecule has 0 N–H and O–H groups in total. The van der Waals surface area contributed by atoms with E-state index in [1.165, 1.54) is 18.4 Å². The molecule has 64 valence electrons. The summed E-state index contributed by atoms with van der Waals surface area (Å²) in [6.45, 7) is 0. The van der Waals surface area contributed by atoms with Crippen LogP contribution in [-0.2, 0) is 0 Å². The zero-order valence-corrected chi connectivity index (χ0v) is 8.35. The van der Waals surface area contributed by atoms with E-state index in [-0.39, 0.29) is 0 Å². The van der Waals surface area contributed by atoms with Gasteiger partial charge in [-0.2, -0.15) is 12.6 Å². The molecule has 0 spiro atoms. The zero-order chi connectivity index (χ0) is 8.55. The van der Waals surface area contributed by atoms with E-state index in [1.807, 2.05) is 12.1 Å². The molecule has 2 heteroatoms.